The molecule has 0 unspecified atom stereocenters. The molecule has 0 radical (unpaired) electrons. The third-order valence-electron chi connectivity index (χ3n) is 4.37. The van der Waals surface area contributed by atoms with Gasteiger partial charge in [-0.1, -0.05) is 47.5 Å². The number of rotatable bonds is 3. The summed E-state index contributed by atoms with van der Waals surface area (Å²) in [5.74, 6) is -0.627. The number of carbonyl (C=O) groups is 2. The van der Waals surface area contributed by atoms with Gasteiger partial charge in [-0.3, -0.25) is 9.59 Å². The minimum atomic E-state index is -0.365. The summed E-state index contributed by atoms with van der Waals surface area (Å²) >= 11 is 13.5. The molecule has 0 aliphatic carbocycles. The van der Waals surface area contributed by atoms with E-state index in [4.69, 9.17) is 23.2 Å². The lowest BCUT2D eigenvalue weighted by atomic mass is 10.1. The van der Waals surface area contributed by atoms with Crippen LogP contribution >= 0.6 is 35.0 Å². The smallest absolute Gasteiger partial charge is 0.286 e. The number of benzene rings is 2. The van der Waals surface area contributed by atoms with E-state index in [1.165, 1.54) is 6.92 Å². The number of amidine groups is 1. The molecule has 1 N–H and O–H groups in total. The van der Waals surface area contributed by atoms with Crippen LogP contribution in [0.15, 0.2) is 58.6 Å². The lowest BCUT2D eigenvalue weighted by Crippen LogP contribution is -2.23. The highest BCUT2D eigenvalue weighted by Crippen LogP contribution is 2.31. The van der Waals surface area contributed by atoms with Crippen LogP contribution in [0.2, 0.25) is 10.0 Å². The predicted molar refractivity (Wildman–Crippen MR) is 119 cm³/mol. The lowest BCUT2D eigenvalue weighted by Gasteiger charge is -2.08. The van der Waals surface area contributed by atoms with Crippen molar-refractivity contribution in [2.45, 2.75) is 13.5 Å². The van der Waals surface area contributed by atoms with Crippen LogP contribution in [0.4, 0.5) is 0 Å². The zero-order chi connectivity index (χ0) is 20.5. The van der Waals surface area contributed by atoms with Gasteiger partial charge in [0.15, 0.2) is 5.17 Å². The normalized spacial score (nSPS) is 15.2. The van der Waals surface area contributed by atoms with Crippen molar-refractivity contribution in [1.82, 2.24) is 9.88 Å². The molecule has 0 spiro atoms. The van der Waals surface area contributed by atoms with Gasteiger partial charge in [-0.25, -0.2) is 0 Å². The topological polar surface area (TPSA) is 63.5 Å². The molecule has 0 saturated carbocycles. The monoisotopic (exact) mass is 443 g/mol. The Hall–Kier alpha value is -2.54. The number of aromatic nitrogens is 1. The van der Waals surface area contributed by atoms with Gasteiger partial charge in [-0.05, 0) is 41.6 Å². The van der Waals surface area contributed by atoms with Crippen molar-refractivity contribution in [1.29, 1.82) is 0 Å². The zero-order valence-corrected chi connectivity index (χ0v) is 17.6. The van der Waals surface area contributed by atoms with Crippen molar-refractivity contribution in [3.8, 4) is 0 Å². The van der Waals surface area contributed by atoms with Crippen LogP contribution in [-0.4, -0.2) is 21.5 Å². The van der Waals surface area contributed by atoms with Crippen molar-refractivity contribution in [2.24, 2.45) is 4.99 Å². The molecule has 0 fully saturated rings. The number of aliphatic imine (C=N–C) groups is 1. The quantitative estimate of drug-likeness (QED) is 0.572. The first-order valence-corrected chi connectivity index (χ1v) is 10.3. The molecule has 8 heteroatoms. The molecule has 0 saturated heterocycles. The van der Waals surface area contributed by atoms with Crippen LogP contribution in [0.25, 0.3) is 17.0 Å². The first-order valence-electron chi connectivity index (χ1n) is 8.72. The fourth-order valence-corrected chi connectivity index (χ4v) is 4.43. The van der Waals surface area contributed by atoms with Crippen molar-refractivity contribution >= 4 is 68.9 Å². The Morgan fingerprint density at radius 2 is 2.03 bits per heavy atom. The van der Waals surface area contributed by atoms with Gasteiger partial charge in [0, 0.05) is 46.2 Å². The molecule has 1 aliphatic rings. The van der Waals surface area contributed by atoms with E-state index < -0.39 is 0 Å². The summed E-state index contributed by atoms with van der Waals surface area (Å²) in [7, 11) is 0. The summed E-state index contributed by atoms with van der Waals surface area (Å²) in [5, 5.41) is 5.05. The predicted octanol–water partition coefficient (Wildman–Crippen LogP) is 5.10. The molecule has 0 bridgehead atoms. The lowest BCUT2D eigenvalue weighted by molar-refractivity contribution is -0.117. The Bertz CT molecular complexity index is 1210. The molecule has 2 heterocycles. The average Bonchev–Trinajstić information content (AvgIpc) is 3.18. The van der Waals surface area contributed by atoms with Crippen molar-refractivity contribution in [3.63, 3.8) is 0 Å². The molecule has 2 amide bonds. The van der Waals surface area contributed by atoms with E-state index in [0.717, 1.165) is 33.8 Å². The molecule has 0 atom stereocenters. The third-order valence-corrected chi connectivity index (χ3v) is 5.85. The summed E-state index contributed by atoms with van der Waals surface area (Å²) in [6, 6.07) is 13.4. The van der Waals surface area contributed by atoms with Crippen LogP contribution in [0, 0.1) is 0 Å². The van der Waals surface area contributed by atoms with Gasteiger partial charge in [0.2, 0.25) is 5.91 Å². The second kappa shape index (κ2) is 8.06. The summed E-state index contributed by atoms with van der Waals surface area (Å²) in [5.41, 5.74) is 2.85. The maximum Gasteiger partial charge on any atom is 0.286 e. The fourth-order valence-electron chi connectivity index (χ4n) is 3.11. The molecule has 146 valence electrons. The van der Waals surface area contributed by atoms with Gasteiger partial charge in [0.1, 0.15) is 0 Å². The van der Waals surface area contributed by atoms with Crippen LogP contribution < -0.4 is 5.32 Å². The van der Waals surface area contributed by atoms with E-state index in [-0.39, 0.29) is 11.8 Å². The van der Waals surface area contributed by atoms with Gasteiger partial charge in [0.05, 0.1) is 4.91 Å². The van der Waals surface area contributed by atoms with E-state index in [9.17, 15) is 9.59 Å². The Labute approximate surface area is 181 Å². The Kier molecular flexibility index (Phi) is 5.50. The second-order valence-corrected chi connectivity index (χ2v) is 8.35. The number of thioether (sulfide) groups is 1. The zero-order valence-electron chi connectivity index (χ0n) is 15.3. The highest BCUT2D eigenvalue weighted by Gasteiger charge is 2.23. The number of carbonyl (C=O) groups excluding carboxylic acids is 2. The van der Waals surface area contributed by atoms with Gasteiger partial charge in [-0.15, -0.1) is 0 Å². The number of hydrogen-bond donors (Lipinski definition) is 1. The molecule has 29 heavy (non-hydrogen) atoms. The van der Waals surface area contributed by atoms with Crippen molar-refractivity contribution in [2.75, 3.05) is 0 Å². The number of fused-ring (bicyclic) bond motifs is 1. The molecule has 4 rings (SSSR count). The minimum Gasteiger partial charge on any atom is -0.342 e. The summed E-state index contributed by atoms with van der Waals surface area (Å²) in [4.78, 5) is 27.8. The van der Waals surface area contributed by atoms with E-state index in [2.05, 4.69) is 14.9 Å². The number of amides is 2. The Morgan fingerprint density at radius 1 is 1.24 bits per heavy atom. The van der Waals surface area contributed by atoms with Gasteiger partial charge >= 0.3 is 0 Å². The number of halogens is 2. The third kappa shape index (κ3) is 4.24. The van der Waals surface area contributed by atoms with E-state index in [0.29, 0.717) is 26.7 Å². The molecule has 1 aliphatic heterocycles. The van der Waals surface area contributed by atoms with Crippen molar-refractivity contribution in [3.05, 3.63) is 74.7 Å². The standard InChI is InChI=1S/C21H15Cl2N3O2S/c1-12(27)24-21-25-20(28)19(29-21)8-14-11-26(18-5-3-2-4-16(14)18)10-13-6-7-15(22)9-17(13)23/h2-9,11H,10H2,1H3,(H,24,25,27,28). The van der Waals surface area contributed by atoms with Crippen LogP contribution in [0.1, 0.15) is 18.1 Å². The maximum absolute atomic E-state index is 12.2. The fraction of sp³-hybridized carbons (Fsp3) is 0.0952. The average molecular weight is 444 g/mol. The van der Waals surface area contributed by atoms with Crippen molar-refractivity contribution < 1.29 is 9.59 Å². The number of nitrogens with one attached hydrogen (secondary N) is 1. The van der Waals surface area contributed by atoms with Gasteiger partial charge < -0.3 is 9.88 Å². The second-order valence-electron chi connectivity index (χ2n) is 6.48. The highest BCUT2D eigenvalue weighted by molar-refractivity contribution is 8.18. The van der Waals surface area contributed by atoms with E-state index in [1.807, 2.05) is 42.6 Å². The van der Waals surface area contributed by atoms with Crippen LogP contribution in [0.3, 0.4) is 0 Å². The SMILES string of the molecule is CC(=O)NC1=NC(=O)C(=Cc2cn(Cc3ccc(Cl)cc3Cl)c3ccccc23)S1. The number of nitrogens with zero attached hydrogens (tertiary/aromatic N) is 2. The minimum absolute atomic E-state index is 0.262. The first-order chi connectivity index (χ1) is 13.9. The molecule has 5 nitrogen and oxygen atoms in total. The Morgan fingerprint density at radius 3 is 2.79 bits per heavy atom. The Balaban J connectivity index is 1.70. The molecule has 3 aromatic rings. The van der Waals surface area contributed by atoms with Crippen LogP contribution in [-0.2, 0) is 16.1 Å². The number of hydrogen-bond acceptors (Lipinski definition) is 3. The van der Waals surface area contributed by atoms with Crippen LogP contribution in [0.5, 0.6) is 0 Å². The van der Waals surface area contributed by atoms with E-state index >= 15 is 0 Å². The molecular formula is C21H15Cl2N3O2S. The summed E-state index contributed by atoms with van der Waals surface area (Å²) < 4.78 is 2.08. The summed E-state index contributed by atoms with van der Waals surface area (Å²) in [6.45, 7) is 1.94. The molecule has 1 aromatic heterocycles. The van der Waals surface area contributed by atoms with Gasteiger partial charge in [0.25, 0.3) is 5.91 Å². The summed E-state index contributed by atoms with van der Waals surface area (Å²) in [6.07, 6.45) is 3.78. The van der Waals surface area contributed by atoms with E-state index in [1.54, 1.807) is 12.1 Å². The molecule has 2 aromatic carbocycles. The highest BCUT2D eigenvalue weighted by atomic mass is 35.5. The maximum atomic E-state index is 12.2. The first kappa shape index (κ1) is 19.8. The number of para-hydroxylation sites is 1. The molecular weight excluding hydrogens is 429 g/mol. The largest absolute Gasteiger partial charge is 0.342 e. The van der Waals surface area contributed by atoms with Gasteiger partial charge in [-0.2, -0.15) is 4.99 Å².